The maximum atomic E-state index is 14.5. The zero-order chi connectivity index (χ0) is 29.0. The van der Waals surface area contributed by atoms with Gasteiger partial charge in [-0.15, -0.1) is 0 Å². The Bertz CT molecular complexity index is 1290. The van der Waals surface area contributed by atoms with E-state index in [0.717, 1.165) is 48.5 Å². The van der Waals surface area contributed by atoms with Gasteiger partial charge in [0.05, 0.1) is 0 Å². The summed E-state index contributed by atoms with van der Waals surface area (Å²) in [7, 11) is 0. The molecule has 0 spiro atoms. The molecule has 3 aromatic carbocycles. The van der Waals surface area contributed by atoms with E-state index in [2.05, 4.69) is 0 Å². The molecule has 0 saturated carbocycles. The van der Waals surface area contributed by atoms with E-state index in [0.29, 0.717) is 22.9 Å². The lowest BCUT2D eigenvalue weighted by Gasteiger charge is -2.38. The van der Waals surface area contributed by atoms with Crippen molar-refractivity contribution in [1.82, 2.24) is 0 Å². The normalized spacial score (nSPS) is 13.5. The fraction of sp³-hybridized carbons (Fsp3) is 0.241. The minimum Gasteiger partial charge on any atom is -0.462 e. The fourth-order valence-corrected chi connectivity index (χ4v) is 3.83. The highest BCUT2D eigenvalue weighted by Gasteiger charge is 2.72. The van der Waals surface area contributed by atoms with Crippen molar-refractivity contribution in [3.05, 3.63) is 108 Å². The van der Waals surface area contributed by atoms with E-state index in [9.17, 15) is 26.3 Å². The first-order valence-corrected chi connectivity index (χ1v) is 11.8. The van der Waals surface area contributed by atoms with E-state index in [-0.39, 0.29) is 17.4 Å². The summed E-state index contributed by atoms with van der Waals surface area (Å²) < 4.78 is 97.8. The highest BCUT2D eigenvalue weighted by molar-refractivity contribution is 5.48. The second-order valence-corrected chi connectivity index (χ2v) is 9.17. The molecule has 4 nitrogen and oxygen atoms in total. The molecule has 0 unspecified atom stereocenters. The predicted octanol–water partition coefficient (Wildman–Crippen LogP) is 8.25. The zero-order valence-electron chi connectivity index (χ0n) is 21.4. The minimum absolute atomic E-state index is 0.0555. The third-order valence-electron chi connectivity index (χ3n) is 6.00. The molecular weight excluding hydrogens is 522 g/mol. The number of hydrogen-bond donors (Lipinski definition) is 2. The number of rotatable bonds is 8. The molecule has 208 valence electrons. The van der Waals surface area contributed by atoms with Crippen molar-refractivity contribution in [3.63, 3.8) is 0 Å². The molecule has 0 fully saturated rings. The largest absolute Gasteiger partial charge is 0.462 e. The molecule has 0 atom stereocenters. The Kier molecular flexibility index (Phi) is 8.58. The van der Waals surface area contributed by atoms with Crippen molar-refractivity contribution >= 4 is 5.69 Å². The Morgan fingerprint density at radius 2 is 1.10 bits per heavy atom. The number of benzene rings is 3. The van der Waals surface area contributed by atoms with E-state index in [1.165, 1.54) is 12.1 Å². The van der Waals surface area contributed by atoms with Crippen LogP contribution in [0.2, 0.25) is 0 Å². The van der Waals surface area contributed by atoms with Gasteiger partial charge in [0.2, 0.25) is 5.41 Å². The van der Waals surface area contributed by atoms with Crippen LogP contribution >= 0.6 is 0 Å². The monoisotopic (exact) mass is 550 g/mol. The average Bonchev–Trinajstić information content (AvgIpc) is 2.84. The van der Waals surface area contributed by atoms with Crippen LogP contribution < -0.4 is 20.9 Å². The molecule has 3 rings (SSSR count). The third kappa shape index (κ3) is 6.50. The Morgan fingerprint density at radius 1 is 0.692 bits per heavy atom. The van der Waals surface area contributed by atoms with Gasteiger partial charge in [-0.25, -0.2) is 0 Å². The molecule has 0 aromatic heterocycles. The Hall–Kier alpha value is -4.08. The summed E-state index contributed by atoms with van der Waals surface area (Å²) in [6.07, 6.45) is -8.26. The van der Waals surface area contributed by atoms with Crippen molar-refractivity contribution in [2.24, 2.45) is 11.7 Å². The van der Waals surface area contributed by atoms with Crippen LogP contribution in [0.15, 0.2) is 96.4 Å². The highest BCUT2D eigenvalue weighted by atomic mass is 19.4. The number of hydrogen-bond acceptors (Lipinski definition) is 4. The first-order chi connectivity index (χ1) is 18.1. The summed E-state index contributed by atoms with van der Waals surface area (Å²) in [6, 6.07) is 13.4. The summed E-state index contributed by atoms with van der Waals surface area (Å²) >= 11 is 0. The molecule has 10 heteroatoms. The van der Waals surface area contributed by atoms with Gasteiger partial charge < -0.3 is 20.9 Å². The van der Waals surface area contributed by atoms with Crippen molar-refractivity contribution in [3.8, 4) is 17.2 Å². The van der Waals surface area contributed by atoms with Gasteiger partial charge in [0.1, 0.15) is 23.0 Å². The molecule has 3 aromatic rings. The number of allylic oxidation sites excluding steroid dienone is 4. The molecule has 4 N–H and O–H groups in total. The fourth-order valence-electron chi connectivity index (χ4n) is 3.83. The number of alkyl halides is 6. The van der Waals surface area contributed by atoms with Crippen LogP contribution in [0.4, 0.5) is 32.0 Å². The Labute approximate surface area is 222 Å². The minimum atomic E-state index is -5.72. The lowest BCUT2D eigenvalue weighted by molar-refractivity contribution is -0.288. The number of nitrogen functional groups attached to an aromatic ring is 1. The van der Waals surface area contributed by atoms with Gasteiger partial charge >= 0.3 is 12.4 Å². The van der Waals surface area contributed by atoms with E-state index in [4.69, 9.17) is 20.9 Å². The van der Waals surface area contributed by atoms with E-state index in [1.54, 1.807) is 31.2 Å². The van der Waals surface area contributed by atoms with Crippen molar-refractivity contribution < 1.29 is 35.8 Å². The first-order valence-electron chi connectivity index (χ1n) is 11.8. The Morgan fingerprint density at radius 3 is 1.51 bits per heavy atom. The van der Waals surface area contributed by atoms with Crippen molar-refractivity contribution in [2.45, 2.75) is 38.5 Å². The van der Waals surface area contributed by atoms with Crippen molar-refractivity contribution in [1.29, 1.82) is 0 Å². The van der Waals surface area contributed by atoms with E-state index < -0.39 is 28.9 Å². The summed E-state index contributed by atoms with van der Waals surface area (Å²) in [5, 5.41) is 0. The smallest absolute Gasteiger partial charge is 0.411 e. The second-order valence-electron chi connectivity index (χ2n) is 9.17. The zero-order valence-corrected chi connectivity index (χ0v) is 21.4. The maximum Gasteiger partial charge on any atom is 0.411 e. The Balaban J connectivity index is 1.99. The van der Waals surface area contributed by atoms with Crippen LogP contribution in [-0.2, 0) is 5.41 Å². The summed E-state index contributed by atoms with van der Waals surface area (Å²) in [5.41, 5.74) is 6.20. The van der Waals surface area contributed by atoms with Crippen LogP contribution in [0.5, 0.6) is 17.2 Å². The lowest BCUT2D eigenvalue weighted by atomic mass is 9.73. The molecule has 39 heavy (non-hydrogen) atoms. The van der Waals surface area contributed by atoms with Gasteiger partial charge in [-0.2, -0.15) is 26.3 Å². The van der Waals surface area contributed by atoms with Gasteiger partial charge in [0.25, 0.3) is 0 Å². The van der Waals surface area contributed by atoms with Crippen LogP contribution in [0.1, 0.15) is 31.9 Å². The van der Waals surface area contributed by atoms with Gasteiger partial charge in [0.15, 0.2) is 0 Å². The van der Waals surface area contributed by atoms with Gasteiger partial charge in [-0.3, -0.25) is 0 Å². The summed E-state index contributed by atoms with van der Waals surface area (Å²) in [5.74, 6) is 0.872. The van der Waals surface area contributed by atoms with Crippen LogP contribution in [0.3, 0.4) is 0 Å². The summed E-state index contributed by atoms with van der Waals surface area (Å²) in [4.78, 5) is 0. The molecule has 0 amide bonds. The first kappa shape index (κ1) is 29.5. The number of halogens is 6. The molecular formula is C29H28F6N2O2. The van der Waals surface area contributed by atoms with Gasteiger partial charge in [-0.05, 0) is 84.7 Å². The molecule has 0 radical (unpaired) electrons. The summed E-state index contributed by atoms with van der Waals surface area (Å²) in [6.45, 7) is 5.37. The van der Waals surface area contributed by atoms with Crippen LogP contribution in [0, 0.1) is 5.92 Å². The topological polar surface area (TPSA) is 70.5 Å². The molecule has 0 saturated heterocycles. The lowest BCUT2D eigenvalue weighted by Crippen LogP contribution is -2.54. The standard InChI is InChI=1S/C29H28F6N2O2/c1-18(2)26(37)17-4-19(3)38-23-11-5-20(6-12-23)27(28(30,31)32,29(33,34)35)21-7-13-24(14-8-21)39-25-15-9-22(36)10-16-25/h4-18H,36-37H2,1-3H3/b19-4+,26-17+. The molecule has 0 aliphatic heterocycles. The van der Waals surface area contributed by atoms with Crippen molar-refractivity contribution in [2.75, 3.05) is 5.73 Å². The maximum absolute atomic E-state index is 14.5. The van der Waals surface area contributed by atoms with Gasteiger partial charge in [-0.1, -0.05) is 38.1 Å². The number of nitrogens with two attached hydrogens (primary N) is 2. The number of anilines is 1. The quantitative estimate of drug-likeness (QED) is 0.128. The third-order valence-corrected chi connectivity index (χ3v) is 6.00. The molecule has 0 bridgehead atoms. The second kappa shape index (κ2) is 11.3. The van der Waals surface area contributed by atoms with Crippen LogP contribution in [-0.4, -0.2) is 12.4 Å². The molecule has 0 aliphatic rings. The van der Waals surface area contributed by atoms with Gasteiger partial charge in [0, 0.05) is 11.4 Å². The average molecular weight is 551 g/mol. The van der Waals surface area contributed by atoms with Crippen LogP contribution in [0.25, 0.3) is 0 Å². The number of ether oxygens (including phenoxy) is 2. The molecule has 0 heterocycles. The van der Waals surface area contributed by atoms with E-state index >= 15 is 0 Å². The predicted molar refractivity (Wildman–Crippen MR) is 138 cm³/mol. The molecule has 0 aliphatic carbocycles. The SMILES string of the molecule is C/C(=C\C=C(\N)C(C)C)Oc1ccc(C(c2ccc(Oc3ccc(N)cc3)cc2)(C(F)(F)F)C(F)(F)F)cc1. The highest BCUT2D eigenvalue weighted by Crippen LogP contribution is 2.56. The van der Waals surface area contributed by atoms with E-state index in [1.807, 2.05) is 13.8 Å².